The molecule has 1 fully saturated rings. The van der Waals surface area contributed by atoms with Gasteiger partial charge in [0.1, 0.15) is 12.3 Å². The van der Waals surface area contributed by atoms with Gasteiger partial charge in [-0.05, 0) is 66.2 Å². The maximum atomic E-state index is 13.0. The summed E-state index contributed by atoms with van der Waals surface area (Å²) in [5.41, 5.74) is 2.10. The molecule has 1 saturated heterocycles. The van der Waals surface area contributed by atoms with E-state index in [0.717, 1.165) is 38.6 Å². The summed E-state index contributed by atoms with van der Waals surface area (Å²) in [6.45, 7) is 3.81. The number of benzene rings is 3. The number of hydrogen-bond donors (Lipinski definition) is 1. The first kappa shape index (κ1) is 22.9. The van der Waals surface area contributed by atoms with E-state index in [1.54, 1.807) is 24.3 Å². The lowest BCUT2D eigenvalue weighted by atomic mass is 10.0. The number of aryl methyl sites for hydroxylation is 1. The summed E-state index contributed by atoms with van der Waals surface area (Å²) < 4.78 is 5.75. The van der Waals surface area contributed by atoms with E-state index in [0.29, 0.717) is 23.1 Å². The van der Waals surface area contributed by atoms with Crippen LogP contribution in [-0.2, 0) is 9.59 Å². The predicted octanol–water partition coefficient (Wildman–Crippen LogP) is 5.88. The zero-order valence-electron chi connectivity index (χ0n) is 18.1. The number of rotatable bonds is 6. The van der Waals surface area contributed by atoms with Crippen LogP contribution in [0.5, 0.6) is 5.75 Å². The van der Waals surface area contributed by atoms with E-state index >= 15 is 0 Å². The van der Waals surface area contributed by atoms with Crippen molar-refractivity contribution in [2.24, 2.45) is 0 Å². The molecule has 8 heteroatoms. The molecule has 1 aliphatic heterocycles. The van der Waals surface area contributed by atoms with Gasteiger partial charge in [0.15, 0.2) is 0 Å². The number of anilines is 1. The molecule has 3 amide bonds. The Morgan fingerprint density at radius 2 is 1.94 bits per heavy atom. The number of nitrogens with one attached hydrogen (secondary N) is 1. The maximum absolute atomic E-state index is 13.0. The van der Waals surface area contributed by atoms with Crippen molar-refractivity contribution in [1.29, 1.82) is 0 Å². The molecular formula is C25H21ClN2O4S. The van der Waals surface area contributed by atoms with E-state index in [1.807, 2.05) is 50.2 Å². The van der Waals surface area contributed by atoms with Gasteiger partial charge in [-0.15, -0.1) is 0 Å². The van der Waals surface area contributed by atoms with E-state index in [9.17, 15) is 14.4 Å². The molecule has 0 unspecified atom stereocenters. The molecule has 0 saturated carbocycles. The van der Waals surface area contributed by atoms with Gasteiger partial charge in [0, 0.05) is 16.3 Å². The van der Waals surface area contributed by atoms with Gasteiger partial charge < -0.3 is 10.1 Å². The first-order valence-corrected chi connectivity index (χ1v) is 11.5. The van der Waals surface area contributed by atoms with Crippen molar-refractivity contribution in [2.75, 3.05) is 18.5 Å². The summed E-state index contributed by atoms with van der Waals surface area (Å²) in [6.07, 6.45) is 1.66. The lowest BCUT2D eigenvalue weighted by Gasteiger charge is -2.13. The molecule has 3 aromatic carbocycles. The molecule has 33 heavy (non-hydrogen) atoms. The highest BCUT2D eigenvalue weighted by Gasteiger charge is 2.36. The van der Waals surface area contributed by atoms with Crippen LogP contribution in [0, 0.1) is 6.92 Å². The topological polar surface area (TPSA) is 75.7 Å². The van der Waals surface area contributed by atoms with Gasteiger partial charge >= 0.3 is 0 Å². The summed E-state index contributed by atoms with van der Waals surface area (Å²) in [5.74, 6) is -0.381. The summed E-state index contributed by atoms with van der Waals surface area (Å²) in [7, 11) is 0. The van der Waals surface area contributed by atoms with Crippen molar-refractivity contribution in [1.82, 2.24) is 4.90 Å². The van der Waals surface area contributed by atoms with Gasteiger partial charge in [0.25, 0.3) is 11.1 Å². The fraction of sp³-hybridized carbons (Fsp3) is 0.160. The molecule has 1 N–H and O–H groups in total. The summed E-state index contributed by atoms with van der Waals surface area (Å²) in [6, 6.07) is 16.7. The van der Waals surface area contributed by atoms with Crippen molar-refractivity contribution in [2.45, 2.75) is 13.8 Å². The third kappa shape index (κ3) is 4.89. The number of halogens is 1. The molecule has 1 heterocycles. The van der Waals surface area contributed by atoms with Crippen LogP contribution in [0.1, 0.15) is 18.1 Å². The van der Waals surface area contributed by atoms with E-state index in [4.69, 9.17) is 16.3 Å². The average molecular weight is 481 g/mol. The second-order valence-electron chi connectivity index (χ2n) is 7.41. The fourth-order valence-electron chi connectivity index (χ4n) is 3.49. The number of ether oxygens (including phenoxy) is 1. The molecule has 0 spiro atoms. The quantitative estimate of drug-likeness (QED) is 0.446. The molecule has 0 atom stereocenters. The van der Waals surface area contributed by atoms with Crippen LogP contribution in [0.4, 0.5) is 10.5 Å². The monoisotopic (exact) mass is 480 g/mol. The van der Waals surface area contributed by atoms with Gasteiger partial charge in [0.05, 0.1) is 11.5 Å². The third-order valence-electron chi connectivity index (χ3n) is 5.14. The lowest BCUT2D eigenvalue weighted by Crippen LogP contribution is -2.36. The Hall–Kier alpha value is -3.29. The number of thioether (sulfide) groups is 1. The SMILES string of the molecule is CCOc1ccc2ccccc2c1/C=C1/SC(=O)N(CC(=O)Nc2ccc(C)c(Cl)c2)C1=O. The van der Waals surface area contributed by atoms with Crippen LogP contribution in [-0.4, -0.2) is 35.1 Å². The smallest absolute Gasteiger partial charge is 0.294 e. The second kappa shape index (κ2) is 9.68. The molecule has 1 aliphatic rings. The van der Waals surface area contributed by atoms with Gasteiger partial charge in [-0.2, -0.15) is 0 Å². The molecule has 4 rings (SSSR count). The number of hydrogen-bond acceptors (Lipinski definition) is 5. The molecule has 0 bridgehead atoms. The number of amides is 3. The largest absolute Gasteiger partial charge is 0.493 e. The summed E-state index contributed by atoms with van der Waals surface area (Å²) in [5, 5.41) is 4.59. The van der Waals surface area contributed by atoms with Crippen molar-refractivity contribution in [3.8, 4) is 5.75 Å². The minimum absolute atomic E-state index is 0.239. The molecule has 0 aromatic heterocycles. The van der Waals surface area contributed by atoms with Crippen molar-refractivity contribution >= 4 is 63.0 Å². The molecular weight excluding hydrogens is 460 g/mol. The highest BCUT2D eigenvalue weighted by molar-refractivity contribution is 8.18. The Bertz CT molecular complexity index is 1300. The zero-order valence-corrected chi connectivity index (χ0v) is 19.6. The Balaban J connectivity index is 1.58. The number of carbonyl (C=O) groups is 3. The number of fused-ring (bicyclic) bond motifs is 1. The fourth-order valence-corrected chi connectivity index (χ4v) is 4.49. The van der Waals surface area contributed by atoms with Crippen LogP contribution in [0.25, 0.3) is 16.8 Å². The average Bonchev–Trinajstić information content (AvgIpc) is 3.05. The molecule has 0 aliphatic carbocycles. The predicted molar refractivity (Wildman–Crippen MR) is 133 cm³/mol. The Morgan fingerprint density at radius 3 is 2.70 bits per heavy atom. The molecule has 168 valence electrons. The third-order valence-corrected chi connectivity index (χ3v) is 6.45. The number of nitrogens with zero attached hydrogens (tertiary/aromatic N) is 1. The van der Waals surface area contributed by atoms with Gasteiger partial charge in [-0.3, -0.25) is 19.3 Å². The first-order chi connectivity index (χ1) is 15.9. The molecule has 3 aromatic rings. The first-order valence-electron chi connectivity index (χ1n) is 10.3. The minimum atomic E-state index is -0.516. The molecule has 6 nitrogen and oxygen atoms in total. The number of carbonyl (C=O) groups excluding carboxylic acids is 3. The Kier molecular flexibility index (Phi) is 6.72. The highest BCUT2D eigenvalue weighted by atomic mass is 35.5. The molecule has 0 radical (unpaired) electrons. The zero-order chi connectivity index (χ0) is 23.5. The van der Waals surface area contributed by atoms with Crippen LogP contribution in [0.15, 0.2) is 59.5 Å². The Labute approximate surface area is 200 Å². The van der Waals surface area contributed by atoms with Crippen molar-refractivity contribution in [3.05, 3.63) is 75.7 Å². The Morgan fingerprint density at radius 1 is 1.15 bits per heavy atom. The van der Waals surface area contributed by atoms with Gasteiger partial charge in [0.2, 0.25) is 5.91 Å². The normalized spacial score (nSPS) is 14.9. The van der Waals surface area contributed by atoms with Gasteiger partial charge in [-0.1, -0.05) is 48.0 Å². The second-order valence-corrected chi connectivity index (χ2v) is 8.81. The number of imide groups is 1. The van der Waals surface area contributed by atoms with E-state index in [2.05, 4.69) is 5.32 Å². The summed E-state index contributed by atoms with van der Waals surface area (Å²) in [4.78, 5) is 39.2. The van der Waals surface area contributed by atoms with Crippen molar-refractivity contribution < 1.29 is 19.1 Å². The van der Waals surface area contributed by atoms with E-state index in [-0.39, 0.29) is 11.4 Å². The lowest BCUT2D eigenvalue weighted by molar-refractivity contribution is -0.127. The minimum Gasteiger partial charge on any atom is -0.493 e. The summed E-state index contributed by atoms with van der Waals surface area (Å²) >= 11 is 6.90. The van der Waals surface area contributed by atoms with Crippen LogP contribution < -0.4 is 10.1 Å². The highest BCUT2D eigenvalue weighted by Crippen LogP contribution is 2.36. The maximum Gasteiger partial charge on any atom is 0.294 e. The van der Waals surface area contributed by atoms with Crippen LogP contribution in [0.2, 0.25) is 5.02 Å². The van der Waals surface area contributed by atoms with Crippen LogP contribution >= 0.6 is 23.4 Å². The van der Waals surface area contributed by atoms with Gasteiger partial charge in [-0.25, -0.2) is 0 Å². The van der Waals surface area contributed by atoms with Crippen LogP contribution in [0.3, 0.4) is 0 Å². The standard InChI is InChI=1S/C25H21ClN2O4S/c1-3-32-21-11-9-16-6-4-5-7-18(16)19(21)13-22-24(30)28(25(31)33-22)14-23(29)27-17-10-8-15(2)20(26)12-17/h4-13H,3,14H2,1-2H3,(H,27,29)/b22-13+. The van der Waals surface area contributed by atoms with E-state index < -0.39 is 17.1 Å². The van der Waals surface area contributed by atoms with E-state index in [1.165, 1.54) is 0 Å². The van der Waals surface area contributed by atoms with Crippen molar-refractivity contribution in [3.63, 3.8) is 0 Å².